The lowest BCUT2D eigenvalue weighted by molar-refractivity contribution is -0.398. The molecule has 3 aromatic rings. The van der Waals surface area contributed by atoms with Crippen LogP contribution in [-0.2, 0) is 19.4 Å². The van der Waals surface area contributed by atoms with E-state index in [2.05, 4.69) is 4.99 Å². The van der Waals surface area contributed by atoms with E-state index in [0.717, 1.165) is 42.6 Å². The molecule has 6 heteroatoms. The van der Waals surface area contributed by atoms with E-state index in [9.17, 15) is 15.2 Å². The van der Waals surface area contributed by atoms with E-state index in [1.165, 1.54) is 12.3 Å². The molecule has 0 fully saturated rings. The Bertz CT molecular complexity index is 1010. The van der Waals surface area contributed by atoms with Crippen molar-refractivity contribution in [1.29, 1.82) is 0 Å². The van der Waals surface area contributed by atoms with Gasteiger partial charge in [0.1, 0.15) is 11.3 Å². The molecule has 4 rings (SSSR count). The van der Waals surface area contributed by atoms with Crippen LogP contribution < -0.4 is 5.11 Å². The SMILES string of the molecule is O=[N+]([O-])c1cc2oc3c(c2c(C=NCc2ccccc2)c1[O-])CCCC3. The van der Waals surface area contributed by atoms with Crippen LogP contribution in [0.1, 0.15) is 35.3 Å². The molecule has 2 aromatic carbocycles. The van der Waals surface area contributed by atoms with Crippen LogP contribution in [0.3, 0.4) is 0 Å². The highest BCUT2D eigenvalue weighted by molar-refractivity contribution is 6.04. The predicted molar refractivity (Wildman–Crippen MR) is 96.7 cm³/mol. The summed E-state index contributed by atoms with van der Waals surface area (Å²) in [5, 5.41) is 24.6. The van der Waals surface area contributed by atoms with Gasteiger partial charge in [0.05, 0.1) is 17.5 Å². The van der Waals surface area contributed by atoms with Crippen LogP contribution in [0.25, 0.3) is 11.0 Å². The molecule has 0 saturated carbocycles. The molecule has 0 radical (unpaired) electrons. The zero-order chi connectivity index (χ0) is 18.1. The van der Waals surface area contributed by atoms with E-state index in [4.69, 9.17) is 4.42 Å². The van der Waals surface area contributed by atoms with E-state index in [1.807, 2.05) is 30.3 Å². The van der Waals surface area contributed by atoms with Gasteiger partial charge in [0, 0.05) is 29.1 Å². The molecule has 132 valence electrons. The number of hydrogen-bond donors (Lipinski definition) is 0. The highest BCUT2D eigenvalue weighted by Gasteiger charge is 2.23. The van der Waals surface area contributed by atoms with Crippen molar-refractivity contribution in [2.24, 2.45) is 4.99 Å². The predicted octanol–water partition coefficient (Wildman–Crippen LogP) is 3.91. The lowest BCUT2D eigenvalue weighted by atomic mass is 9.93. The number of fused-ring (bicyclic) bond motifs is 3. The third kappa shape index (κ3) is 2.83. The van der Waals surface area contributed by atoms with E-state index in [1.54, 1.807) is 0 Å². The van der Waals surface area contributed by atoms with Gasteiger partial charge in [0.2, 0.25) is 0 Å². The van der Waals surface area contributed by atoms with Gasteiger partial charge in [-0.2, -0.15) is 0 Å². The summed E-state index contributed by atoms with van der Waals surface area (Å²) >= 11 is 0. The number of nitrogens with zero attached hydrogens (tertiary/aromatic N) is 2. The number of benzene rings is 2. The van der Waals surface area contributed by atoms with Crippen molar-refractivity contribution in [3.63, 3.8) is 0 Å². The molecule has 26 heavy (non-hydrogen) atoms. The maximum Gasteiger partial charge on any atom is 0.266 e. The molecular formula is C20H17N2O4-. The zero-order valence-corrected chi connectivity index (χ0v) is 14.1. The summed E-state index contributed by atoms with van der Waals surface area (Å²) in [5.41, 5.74) is 2.21. The lowest BCUT2D eigenvalue weighted by Crippen LogP contribution is -2.04. The number of aryl methyl sites for hydroxylation is 2. The number of rotatable bonds is 4. The monoisotopic (exact) mass is 349 g/mol. The minimum Gasteiger partial charge on any atom is -0.867 e. The Morgan fingerprint density at radius 1 is 1.19 bits per heavy atom. The first-order chi connectivity index (χ1) is 12.6. The highest BCUT2D eigenvalue weighted by atomic mass is 16.6. The van der Waals surface area contributed by atoms with Crippen molar-refractivity contribution >= 4 is 22.9 Å². The molecule has 0 aliphatic heterocycles. The van der Waals surface area contributed by atoms with E-state index in [-0.39, 0.29) is 5.56 Å². The summed E-state index contributed by atoms with van der Waals surface area (Å²) in [7, 11) is 0. The van der Waals surface area contributed by atoms with Crippen molar-refractivity contribution in [3.05, 3.63) is 69.0 Å². The van der Waals surface area contributed by atoms with Gasteiger partial charge >= 0.3 is 0 Å². The standard InChI is InChI=1S/C20H18N2O4/c23-20-15(12-21-11-13-6-2-1-3-7-13)19-14-8-4-5-9-17(14)26-18(19)10-16(20)22(24)25/h1-3,6-7,10,12,23H,4-5,8-9,11H2/p-1. The fourth-order valence-corrected chi connectivity index (χ4v) is 3.51. The minimum absolute atomic E-state index is 0.261. The summed E-state index contributed by atoms with van der Waals surface area (Å²) in [6.07, 6.45) is 5.13. The van der Waals surface area contributed by atoms with Crippen LogP contribution in [0.4, 0.5) is 5.69 Å². The quantitative estimate of drug-likeness (QED) is 0.405. The van der Waals surface area contributed by atoms with Crippen molar-refractivity contribution in [1.82, 2.24) is 0 Å². The van der Waals surface area contributed by atoms with E-state index >= 15 is 0 Å². The third-order valence-corrected chi connectivity index (χ3v) is 4.75. The Morgan fingerprint density at radius 2 is 1.96 bits per heavy atom. The van der Waals surface area contributed by atoms with Crippen molar-refractivity contribution in [2.45, 2.75) is 32.2 Å². The number of aliphatic imine (C=N–C) groups is 1. The van der Waals surface area contributed by atoms with Gasteiger partial charge in [-0.1, -0.05) is 30.3 Å². The third-order valence-electron chi connectivity index (χ3n) is 4.75. The first-order valence-electron chi connectivity index (χ1n) is 8.61. The molecule has 6 nitrogen and oxygen atoms in total. The van der Waals surface area contributed by atoms with Crippen LogP contribution in [0.5, 0.6) is 5.75 Å². The molecule has 0 bridgehead atoms. The smallest absolute Gasteiger partial charge is 0.266 e. The number of furan rings is 1. The van der Waals surface area contributed by atoms with Gasteiger partial charge in [-0.3, -0.25) is 15.1 Å². The molecule has 1 aliphatic rings. The van der Waals surface area contributed by atoms with Gasteiger partial charge in [-0.05, 0) is 30.6 Å². The maximum absolute atomic E-state index is 12.7. The van der Waals surface area contributed by atoms with Gasteiger partial charge in [-0.15, -0.1) is 0 Å². The Kier molecular flexibility index (Phi) is 4.16. The van der Waals surface area contributed by atoms with Gasteiger partial charge in [0.15, 0.2) is 0 Å². The second-order valence-corrected chi connectivity index (χ2v) is 6.44. The lowest BCUT2D eigenvalue weighted by Gasteiger charge is -2.14. The second-order valence-electron chi connectivity index (χ2n) is 6.44. The second kappa shape index (κ2) is 6.63. The zero-order valence-electron chi connectivity index (χ0n) is 14.1. The fourth-order valence-electron chi connectivity index (χ4n) is 3.51. The molecule has 0 N–H and O–H groups in total. The van der Waals surface area contributed by atoms with Crippen molar-refractivity contribution in [3.8, 4) is 5.75 Å². The molecule has 0 saturated heterocycles. The summed E-state index contributed by atoms with van der Waals surface area (Å²) in [6.45, 7) is 0.407. The Balaban J connectivity index is 1.83. The maximum atomic E-state index is 12.7. The number of nitro groups is 1. The largest absolute Gasteiger partial charge is 0.867 e. The summed E-state index contributed by atoms with van der Waals surface area (Å²) in [6, 6.07) is 10.9. The molecule has 1 aliphatic carbocycles. The average Bonchev–Trinajstić information content (AvgIpc) is 3.02. The Morgan fingerprint density at radius 3 is 2.73 bits per heavy atom. The minimum atomic E-state index is -0.655. The van der Waals surface area contributed by atoms with Crippen LogP contribution in [-0.4, -0.2) is 11.1 Å². The first-order valence-corrected chi connectivity index (χ1v) is 8.61. The summed E-state index contributed by atoms with van der Waals surface area (Å²) in [4.78, 5) is 15.0. The molecule has 0 unspecified atom stereocenters. The molecular weight excluding hydrogens is 332 g/mol. The van der Waals surface area contributed by atoms with E-state index < -0.39 is 16.4 Å². The Labute approximate surface area is 149 Å². The first kappa shape index (κ1) is 16.3. The fraction of sp³-hybridized carbons (Fsp3) is 0.250. The Hall–Kier alpha value is -3.15. The van der Waals surface area contributed by atoms with Crippen LogP contribution >= 0.6 is 0 Å². The van der Waals surface area contributed by atoms with E-state index in [0.29, 0.717) is 17.5 Å². The molecule has 0 spiro atoms. The number of nitro benzene ring substituents is 1. The van der Waals surface area contributed by atoms with Crippen LogP contribution in [0.15, 0.2) is 45.8 Å². The normalized spacial score (nSPS) is 14.0. The molecule has 0 atom stereocenters. The van der Waals surface area contributed by atoms with Gasteiger partial charge in [0.25, 0.3) is 5.69 Å². The summed E-state index contributed by atoms with van der Waals surface area (Å²) < 4.78 is 5.84. The number of hydrogen-bond acceptors (Lipinski definition) is 5. The molecule has 0 amide bonds. The van der Waals surface area contributed by atoms with Gasteiger partial charge < -0.3 is 9.52 Å². The molecule has 1 aromatic heterocycles. The van der Waals surface area contributed by atoms with Crippen LogP contribution in [0, 0.1) is 10.1 Å². The molecule has 1 heterocycles. The van der Waals surface area contributed by atoms with Crippen LogP contribution in [0.2, 0.25) is 0 Å². The van der Waals surface area contributed by atoms with Crippen molar-refractivity contribution < 1.29 is 14.4 Å². The highest BCUT2D eigenvalue weighted by Crippen LogP contribution is 2.40. The van der Waals surface area contributed by atoms with Gasteiger partial charge in [-0.25, -0.2) is 0 Å². The topological polar surface area (TPSA) is 91.7 Å². The van der Waals surface area contributed by atoms with Crippen molar-refractivity contribution in [2.75, 3.05) is 0 Å². The average molecular weight is 349 g/mol. The summed E-state index contributed by atoms with van der Waals surface area (Å²) in [5.74, 6) is 0.234.